The molecule has 0 amide bonds. The summed E-state index contributed by atoms with van der Waals surface area (Å²) in [7, 11) is 5.03. The van der Waals surface area contributed by atoms with Crippen LogP contribution in [0.2, 0.25) is 0 Å². The Hall–Kier alpha value is -1.75. The lowest BCUT2D eigenvalue weighted by Crippen LogP contribution is -2.49. The zero-order chi connectivity index (χ0) is 13.9. The number of ether oxygens (including phenoxy) is 2. The lowest BCUT2D eigenvalue weighted by atomic mass is 9.98. The van der Waals surface area contributed by atoms with E-state index in [9.17, 15) is 4.79 Å². The highest BCUT2D eigenvalue weighted by Gasteiger charge is 2.45. The lowest BCUT2D eigenvalue weighted by molar-refractivity contribution is -0.145. The maximum Gasteiger partial charge on any atom is 0.332 e. The van der Waals surface area contributed by atoms with Gasteiger partial charge in [-0.05, 0) is 25.6 Å². The maximum atomic E-state index is 12.1. The first-order chi connectivity index (χ1) is 9.11. The molecule has 0 aliphatic carbocycles. The molecule has 1 atom stereocenters. The van der Waals surface area contributed by atoms with Crippen molar-refractivity contribution in [2.45, 2.75) is 12.0 Å². The third kappa shape index (κ3) is 2.66. The minimum Gasteiger partial charge on any atom is -0.495 e. The fourth-order valence-electron chi connectivity index (χ4n) is 2.52. The van der Waals surface area contributed by atoms with Crippen molar-refractivity contribution in [3.05, 3.63) is 24.3 Å². The third-order valence-corrected chi connectivity index (χ3v) is 3.52. The molecule has 1 fully saturated rings. The van der Waals surface area contributed by atoms with Crippen molar-refractivity contribution >= 4 is 11.7 Å². The summed E-state index contributed by atoms with van der Waals surface area (Å²) in [5.41, 5.74) is 0.115. The Kier molecular flexibility index (Phi) is 3.95. The van der Waals surface area contributed by atoms with E-state index < -0.39 is 5.54 Å². The molecular weight excluding hydrogens is 244 g/mol. The molecule has 5 nitrogen and oxygen atoms in total. The Balaban J connectivity index is 2.28. The van der Waals surface area contributed by atoms with Crippen LogP contribution in [0.15, 0.2) is 24.3 Å². The van der Waals surface area contributed by atoms with Gasteiger partial charge in [0, 0.05) is 13.1 Å². The Bertz CT molecular complexity index is 464. The van der Waals surface area contributed by atoms with Crippen LogP contribution >= 0.6 is 0 Å². The first-order valence-electron chi connectivity index (χ1n) is 6.29. The first-order valence-corrected chi connectivity index (χ1v) is 6.29. The summed E-state index contributed by atoms with van der Waals surface area (Å²) in [5, 5.41) is 3.31. The van der Waals surface area contributed by atoms with E-state index in [0.29, 0.717) is 13.0 Å². The van der Waals surface area contributed by atoms with Crippen LogP contribution in [0, 0.1) is 0 Å². The van der Waals surface area contributed by atoms with Gasteiger partial charge >= 0.3 is 5.97 Å². The third-order valence-electron chi connectivity index (χ3n) is 3.52. The van der Waals surface area contributed by atoms with Crippen LogP contribution in [-0.2, 0) is 9.53 Å². The van der Waals surface area contributed by atoms with Crippen LogP contribution in [-0.4, -0.2) is 50.8 Å². The summed E-state index contributed by atoms with van der Waals surface area (Å²) >= 11 is 0. The minimum atomic E-state index is -0.696. The van der Waals surface area contributed by atoms with Gasteiger partial charge in [-0.3, -0.25) is 0 Å². The van der Waals surface area contributed by atoms with Gasteiger partial charge in [-0.1, -0.05) is 12.1 Å². The maximum absolute atomic E-state index is 12.1. The number of methoxy groups -OCH3 is 2. The number of likely N-dealkylation sites (N-methyl/N-ethyl adjacent to an activating group) is 1. The van der Waals surface area contributed by atoms with E-state index in [2.05, 4.69) is 10.2 Å². The predicted molar refractivity (Wildman–Crippen MR) is 73.5 cm³/mol. The van der Waals surface area contributed by atoms with E-state index in [-0.39, 0.29) is 5.97 Å². The second kappa shape index (κ2) is 5.48. The standard InChI is InChI=1S/C14H20N2O3/c1-16-9-8-14(10-16,13(17)19-3)15-11-6-4-5-7-12(11)18-2/h4-7,15H,8-10H2,1-3H3. The van der Waals surface area contributed by atoms with Crippen LogP contribution in [0.4, 0.5) is 5.69 Å². The highest BCUT2D eigenvalue weighted by atomic mass is 16.5. The van der Waals surface area contributed by atoms with Crippen LogP contribution in [0.3, 0.4) is 0 Å². The molecule has 0 spiro atoms. The molecule has 5 heteroatoms. The second-order valence-corrected chi connectivity index (χ2v) is 4.89. The average Bonchev–Trinajstić information content (AvgIpc) is 2.81. The fraction of sp³-hybridized carbons (Fsp3) is 0.500. The number of carbonyl (C=O) groups is 1. The van der Waals surface area contributed by atoms with Gasteiger partial charge in [0.1, 0.15) is 11.3 Å². The van der Waals surface area contributed by atoms with Gasteiger partial charge in [0.05, 0.1) is 19.9 Å². The monoisotopic (exact) mass is 264 g/mol. The van der Waals surface area contributed by atoms with Crippen molar-refractivity contribution in [2.75, 3.05) is 39.7 Å². The number of hydrogen-bond donors (Lipinski definition) is 1. The predicted octanol–water partition coefficient (Wildman–Crippen LogP) is 1.35. The second-order valence-electron chi connectivity index (χ2n) is 4.89. The smallest absolute Gasteiger partial charge is 0.332 e. The van der Waals surface area contributed by atoms with Crippen molar-refractivity contribution in [1.82, 2.24) is 4.90 Å². The van der Waals surface area contributed by atoms with Crippen molar-refractivity contribution in [2.24, 2.45) is 0 Å². The summed E-state index contributed by atoms with van der Waals surface area (Å²) in [6.07, 6.45) is 0.716. The summed E-state index contributed by atoms with van der Waals surface area (Å²) < 4.78 is 10.3. The van der Waals surface area contributed by atoms with E-state index in [4.69, 9.17) is 9.47 Å². The Morgan fingerprint density at radius 2 is 2.11 bits per heavy atom. The number of rotatable bonds is 4. The molecule has 1 heterocycles. The van der Waals surface area contributed by atoms with Gasteiger partial charge in [0.15, 0.2) is 0 Å². The molecule has 0 radical (unpaired) electrons. The molecule has 0 aromatic heterocycles. The highest BCUT2D eigenvalue weighted by Crippen LogP contribution is 2.31. The zero-order valence-electron chi connectivity index (χ0n) is 11.6. The molecule has 1 aliphatic heterocycles. The molecule has 1 saturated heterocycles. The first kappa shape index (κ1) is 13.7. The quantitative estimate of drug-likeness (QED) is 0.832. The lowest BCUT2D eigenvalue weighted by Gasteiger charge is -2.29. The summed E-state index contributed by atoms with van der Waals surface area (Å²) in [6, 6.07) is 7.58. The van der Waals surface area contributed by atoms with E-state index in [1.807, 2.05) is 31.3 Å². The SMILES string of the molecule is COC(=O)C1(Nc2ccccc2OC)CCN(C)C1. The largest absolute Gasteiger partial charge is 0.495 e. The topological polar surface area (TPSA) is 50.8 Å². The van der Waals surface area contributed by atoms with E-state index in [1.54, 1.807) is 7.11 Å². The van der Waals surface area contributed by atoms with Gasteiger partial charge in [-0.2, -0.15) is 0 Å². The van der Waals surface area contributed by atoms with Gasteiger partial charge in [0.25, 0.3) is 0 Å². The van der Waals surface area contributed by atoms with Gasteiger partial charge < -0.3 is 19.7 Å². The van der Waals surface area contributed by atoms with Crippen molar-refractivity contribution in [3.63, 3.8) is 0 Å². The van der Waals surface area contributed by atoms with Crippen molar-refractivity contribution in [1.29, 1.82) is 0 Å². The molecule has 2 rings (SSSR count). The number of hydrogen-bond acceptors (Lipinski definition) is 5. The van der Waals surface area contributed by atoms with E-state index in [1.165, 1.54) is 7.11 Å². The van der Waals surface area contributed by atoms with Crippen LogP contribution in [0.25, 0.3) is 0 Å². The molecule has 0 bridgehead atoms. The summed E-state index contributed by atoms with van der Waals surface area (Å²) in [6.45, 7) is 1.48. The number of esters is 1. The molecule has 104 valence electrons. The Morgan fingerprint density at radius 1 is 1.37 bits per heavy atom. The summed E-state index contributed by atoms with van der Waals surface area (Å²) in [4.78, 5) is 14.2. The number of nitrogens with one attached hydrogen (secondary N) is 1. The molecule has 1 aliphatic rings. The molecule has 1 aromatic rings. The number of benzene rings is 1. The Labute approximate surface area is 113 Å². The molecular formula is C14H20N2O3. The number of anilines is 1. The Morgan fingerprint density at radius 3 is 2.68 bits per heavy atom. The van der Waals surface area contributed by atoms with Gasteiger partial charge in [-0.15, -0.1) is 0 Å². The average molecular weight is 264 g/mol. The van der Waals surface area contributed by atoms with Crippen LogP contribution < -0.4 is 10.1 Å². The molecule has 1 aromatic carbocycles. The van der Waals surface area contributed by atoms with Gasteiger partial charge in [-0.25, -0.2) is 4.79 Å². The van der Waals surface area contributed by atoms with E-state index in [0.717, 1.165) is 18.0 Å². The zero-order valence-corrected chi connectivity index (χ0v) is 11.6. The molecule has 0 saturated carbocycles. The number of nitrogens with zero attached hydrogens (tertiary/aromatic N) is 1. The number of para-hydroxylation sites is 2. The highest BCUT2D eigenvalue weighted by molar-refractivity contribution is 5.86. The van der Waals surface area contributed by atoms with Crippen molar-refractivity contribution < 1.29 is 14.3 Å². The fourth-order valence-corrected chi connectivity index (χ4v) is 2.52. The molecule has 1 unspecified atom stereocenters. The van der Waals surface area contributed by atoms with Crippen LogP contribution in [0.5, 0.6) is 5.75 Å². The number of likely N-dealkylation sites (tertiary alicyclic amines) is 1. The normalized spacial score (nSPS) is 23.1. The van der Waals surface area contributed by atoms with Gasteiger partial charge in [0.2, 0.25) is 0 Å². The van der Waals surface area contributed by atoms with Crippen molar-refractivity contribution in [3.8, 4) is 5.75 Å². The number of carbonyl (C=O) groups excluding carboxylic acids is 1. The molecule has 19 heavy (non-hydrogen) atoms. The van der Waals surface area contributed by atoms with Crippen LogP contribution in [0.1, 0.15) is 6.42 Å². The molecule has 1 N–H and O–H groups in total. The summed E-state index contributed by atoms with van der Waals surface area (Å²) in [5.74, 6) is 0.489. The van der Waals surface area contributed by atoms with E-state index >= 15 is 0 Å². The minimum absolute atomic E-state index is 0.234.